The molecule has 8 heteroatoms. The van der Waals surface area contributed by atoms with Crippen LogP contribution in [-0.4, -0.2) is 43.2 Å². The normalized spacial score (nSPS) is 10.5. The topological polar surface area (TPSA) is 99.0 Å². The average Bonchev–Trinajstić information content (AvgIpc) is 2.82. The molecule has 0 heterocycles. The Morgan fingerprint density at radius 3 is 1.65 bits per heavy atom. The van der Waals surface area contributed by atoms with Crippen molar-refractivity contribution in [2.45, 2.75) is 13.8 Å². The number of hydrogen-bond acceptors (Lipinski definition) is 7. The van der Waals surface area contributed by atoms with Gasteiger partial charge in [-0.15, -0.1) is 0 Å². The summed E-state index contributed by atoms with van der Waals surface area (Å²) in [6.45, 7) is 11.4. The minimum Gasteiger partial charge on any atom is -0.460 e. The van der Waals surface area contributed by atoms with Gasteiger partial charge in [-0.3, -0.25) is 10.1 Å². The molecule has 0 aliphatic heterocycles. The first kappa shape index (κ1) is 26.1. The van der Waals surface area contributed by atoms with Crippen LogP contribution in [0.5, 0.6) is 0 Å². The van der Waals surface area contributed by atoms with Crippen molar-refractivity contribution in [3.63, 3.8) is 0 Å². The lowest BCUT2D eigenvalue weighted by Crippen LogP contribution is -2.32. The molecule has 0 N–H and O–H groups in total. The molecule has 0 aliphatic carbocycles. The highest BCUT2D eigenvalue weighted by Gasteiger charge is 2.11. The van der Waals surface area contributed by atoms with Crippen molar-refractivity contribution in [1.29, 1.82) is 0 Å². The van der Waals surface area contributed by atoms with Gasteiger partial charge < -0.3 is 14.4 Å². The predicted octanol–water partition coefficient (Wildman–Crippen LogP) is 4.81. The maximum Gasteiger partial charge on any atom is 0.333 e. The van der Waals surface area contributed by atoms with E-state index in [0.29, 0.717) is 24.2 Å². The van der Waals surface area contributed by atoms with E-state index in [9.17, 15) is 19.7 Å². The number of anilines is 1. The van der Waals surface area contributed by atoms with Crippen LogP contribution in [-0.2, 0) is 19.1 Å². The summed E-state index contributed by atoms with van der Waals surface area (Å²) in [6.07, 6.45) is 3.77. The summed E-state index contributed by atoms with van der Waals surface area (Å²) in [7, 11) is 0. The van der Waals surface area contributed by atoms with E-state index in [0.717, 1.165) is 16.8 Å². The number of esters is 2. The molecule has 0 atom stereocenters. The van der Waals surface area contributed by atoms with Crippen LogP contribution < -0.4 is 4.90 Å². The van der Waals surface area contributed by atoms with Gasteiger partial charge in [-0.05, 0) is 49.2 Å². The van der Waals surface area contributed by atoms with Gasteiger partial charge in [-0.25, -0.2) is 9.59 Å². The number of rotatable bonds is 12. The lowest BCUT2D eigenvalue weighted by atomic mass is 10.1. The standard InChI is InChI=1S/C26H28N2O6/c1-19(2)25(29)33-17-15-27(16-18-34-26(30)20(3)4)23-11-7-21(8-12-23)5-6-22-9-13-24(14-10-22)28(31)32/h5-14H,1,3,15-18H2,2,4H3. The van der Waals surface area contributed by atoms with Gasteiger partial charge in [0.2, 0.25) is 0 Å². The Kier molecular flexibility index (Phi) is 9.76. The van der Waals surface area contributed by atoms with Gasteiger partial charge in [-0.1, -0.05) is 37.4 Å². The molecule has 0 saturated heterocycles. The van der Waals surface area contributed by atoms with Gasteiger partial charge >= 0.3 is 11.9 Å². The third kappa shape index (κ3) is 8.38. The zero-order chi connectivity index (χ0) is 25.1. The minimum absolute atomic E-state index is 0.0458. The summed E-state index contributed by atoms with van der Waals surface area (Å²) in [5.41, 5.74) is 3.34. The largest absolute Gasteiger partial charge is 0.460 e. The Labute approximate surface area is 198 Å². The number of hydrogen-bond donors (Lipinski definition) is 0. The molecule has 178 valence electrons. The predicted molar refractivity (Wildman–Crippen MR) is 132 cm³/mol. The monoisotopic (exact) mass is 464 g/mol. The van der Waals surface area contributed by atoms with Gasteiger partial charge in [0.1, 0.15) is 13.2 Å². The van der Waals surface area contributed by atoms with E-state index in [1.54, 1.807) is 26.0 Å². The average molecular weight is 465 g/mol. The van der Waals surface area contributed by atoms with E-state index < -0.39 is 16.9 Å². The van der Waals surface area contributed by atoms with Crippen LogP contribution in [0.25, 0.3) is 12.2 Å². The number of nitro benzene ring substituents is 1. The van der Waals surface area contributed by atoms with Crippen molar-refractivity contribution in [2.75, 3.05) is 31.2 Å². The second-order valence-electron chi connectivity index (χ2n) is 7.59. The quantitative estimate of drug-likeness (QED) is 0.146. The van der Waals surface area contributed by atoms with Crippen LogP contribution in [0.1, 0.15) is 25.0 Å². The van der Waals surface area contributed by atoms with Crippen LogP contribution in [0, 0.1) is 10.1 Å². The Morgan fingerprint density at radius 2 is 1.26 bits per heavy atom. The van der Waals surface area contributed by atoms with Gasteiger partial charge in [0, 0.05) is 29.0 Å². The maximum absolute atomic E-state index is 11.7. The second kappa shape index (κ2) is 12.7. The van der Waals surface area contributed by atoms with Gasteiger partial charge in [-0.2, -0.15) is 0 Å². The van der Waals surface area contributed by atoms with Crippen LogP contribution in [0.2, 0.25) is 0 Å². The zero-order valence-electron chi connectivity index (χ0n) is 19.4. The molecular weight excluding hydrogens is 436 g/mol. The smallest absolute Gasteiger partial charge is 0.333 e. The fourth-order valence-electron chi connectivity index (χ4n) is 2.81. The zero-order valence-corrected chi connectivity index (χ0v) is 19.4. The van der Waals surface area contributed by atoms with Crippen molar-refractivity contribution in [3.8, 4) is 0 Å². The number of nitro groups is 1. The molecule has 2 aromatic rings. The Hall–Kier alpha value is -4.20. The molecule has 0 fully saturated rings. The molecule has 34 heavy (non-hydrogen) atoms. The highest BCUT2D eigenvalue weighted by Crippen LogP contribution is 2.18. The third-order valence-corrected chi connectivity index (χ3v) is 4.72. The van der Waals surface area contributed by atoms with E-state index in [1.165, 1.54) is 12.1 Å². The number of benzene rings is 2. The maximum atomic E-state index is 11.7. The van der Waals surface area contributed by atoms with E-state index >= 15 is 0 Å². The van der Waals surface area contributed by atoms with Crippen molar-refractivity contribution in [3.05, 3.63) is 94.1 Å². The lowest BCUT2D eigenvalue weighted by molar-refractivity contribution is -0.384. The molecule has 0 unspecified atom stereocenters. The van der Waals surface area contributed by atoms with Gasteiger partial charge in [0.15, 0.2) is 0 Å². The minimum atomic E-state index is -0.458. The number of nitrogens with zero attached hydrogens (tertiary/aromatic N) is 2. The first-order chi connectivity index (χ1) is 16.2. The summed E-state index contributed by atoms with van der Waals surface area (Å²) in [4.78, 5) is 35.6. The molecule has 0 radical (unpaired) electrons. The van der Waals surface area contributed by atoms with E-state index in [4.69, 9.17) is 9.47 Å². The Morgan fingerprint density at radius 1 is 0.853 bits per heavy atom. The fraction of sp³-hybridized carbons (Fsp3) is 0.231. The van der Waals surface area contributed by atoms with Crippen molar-refractivity contribution in [2.24, 2.45) is 0 Å². The van der Waals surface area contributed by atoms with Crippen molar-refractivity contribution < 1.29 is 24.0 Å². The molecule has 2 aromatic carbocycles. The van der Waals surface area contributed by atoms with Crippen LogP contribution >= 0.6 is 0 Å². The molecule has 8 nitrogen and oxygen atoms in total. The van der Waals surface area contributed by atoms with E-state index in [2.05, 4.69) is 13.2 Å². The highest BCUT2D eigenvalue weighted by molar-refractivity contribution is 5.87. The highest BCUT2D eigenvalue weighted by atomic mass is 16.6. The molecule has 0 aromatic heterocycles. The third-order valence-electron chi connectivity index (χ3n) is 4.72. The number of carbonyl (C=O) groups excluding carboxylic acids is 2. The lowest BCUT2D eigenvalue weighted by Gasteiger charge is -2.24. The molecule has 0 bridgehead atoms. The van der Waals surface area contributed by atoms with Crippen molar-refractivity contribution in [1.82, 2.24) is 0 Å². The molecule has 0 spiro atoms. The Balaban J connectivity index is 2.05. The number of carbonyl (C=O) groups is 2. The summed E-state index contributed by atoms with van der Waals surface area (Å²) in [6, 6.07) is 14.0. The molecule has 0 saturated carbocycles. The summed E-state index contributed by atoms with van der Waals surface area (Å²) >= 11 is 0. The van der Waals surface area contributed by atoms with Crippen LogP contribution in [0.15, 0.2) is 72.8 Å². The second-order valence-corrected chi connectivity index (χ2v) is 7.59. The SMILES string of the molecule is C=C(C)C(=O)OCCN(CCOC(=O)C(=C)C)c1ccc(C=Cc2ccc([N+](=O)[O-])cc2)cc1. The molecule has 2 rings (SSSR count). The number of non-ortho nitro benzene ring substituents is 1. The molecule has 0 aliphatic rings. The van der Waals surface area contributed by atoms with Crippen molar-refractivity contribution >= 4 is 35.5 Å². The summed E-state index contributed by atoms with van der Waals surface area (Å²) < 4.78 is 10.4. The van der Waals surface area contributed by atoms with Gasteiger partial charge in [0.25, 0.3) is 5.69 Å². The molecular formula is C26H28N2O6. The molecule has 0 amide bonds. The first-order valence-corrected chi connectivity index (χ1v) is 10.6. The Bertz CT molecular complexity index is 1040. The van der Waals surface area contributed by atoms with Gasteiger partial charge in [0.05, 0.1) is 18.0 Å². The first-order valence-electron chi connectivity index (χ1n) is 10.6. The van der Waals surface area contributed by atoms with E-state index in [-0.39, 0.29) is 18.9 Å². The van der Waals surface area contributed by atoms with Crippen LogP contribution in [0.3, 0.4) is 0 Å². The van der Waals surface area contributed by atoms with Crippen LogP contribution in [0.4, 0.5) is 11.4 Å². The summed E-state index contributed by atoms with van der Waals surface area (Å²) in [5, 5.41) is 10.8. The number of ether oxygens (including phenoxy) is 2. The summed E-state index contributed by atoms with van der Waals surface area (Å²) in [5.74, 6) is -0.916. The fourth-order valence-corrected chi connectivity index (χ4v) is 2.81. The van der Waals surface area contributed by atoms with E-state index in [1.807, 2.05) is 41.3 Å².